The molecule has 0 atom stereocenters. The number of hydrogen-bond donors (Lipinski definition) is 2. The number of rotatable bonds is 6. The van der Waals surface area contributed by atoms with Crippen molar-refractivity contribution in [2.24, 2.45) is 0 Å². The van der Waals surface area contributed by atoms with Crippen molar-refractivity contribution in [3.05, 3.63) is 36.3 Å². The average Bonchev–Trinajstić information content (AvgIpc) is 3.15. The first kappa shape index (κ1) is 17.8. The van der Waals surface area contributed by atoms with Crippen LogP contribution in [0, 0.1) is 0 Å². The van der Waals surface area contributed by atoms with Crippen LogP contribution in [0.2, 0.25) is 0 Å². The van der Waals surface area contributed by atoms with Crippen LogP contribution in [-0.2, 0) is 11.3 Å². The molecule has 0 saturated carbocycles. The van der Waals surface area contributed by atoms with Crippen molar-refractivity contribution in [1.82, 2.24) is 30.5 Å². The lowest BCUT2D eigenvalue weighted by atomic mass is 10.3. The highest BCUT2D eigenvalue weighted by molar-refractivity contribution is 5.94. The van der Waals surface area contributed by atoms with Gasteiger partial charge in [-0.2, -0.15) is 0 Å². The number of nitrogens with zero attached hydrogens (tertiary/aromatic N) is 5. The molecule has 138 valence electrons. The number of anilines is 1. The molecular formula is C16H21N7O3. The number of likely N-dealkylation sites (N-methyl/N-ethyl adjacent to an activating group) is 1. The second kappa shape index (κ2) is 8.39. The second-order valence-electron chi connectivity index (χ2n) is 5.79. The third kappa shape index (κ3) is 4.54. The summed E-state index contributed by atoms with van der Waals surface area (Å²) in [7, 11) is 1.51. The fourth-order valence-electron chi connectivity index (χ4n) is 2.58. The molecule has 1 fully saturated rings. The molecule has 0 aromatic carbocycles. The molecule has 0 unspecified atom stereocenters. The summed E-state index contributed by atoms with van der Waals surface area (Å²) in [6, 6.07) is 1.80. The van der Waals surface area contributed by atoms with Crippen molar-refractivity contribution in [3.63, 3.8) is 0 Å². The van der Waals surface area contributed by atoms with Crippen molar-refractivity contribution in [2.45, 2.75) is 6.54 Å². The fourth-order valence-corrected chi connectivity index (χ4v) is 2.58. The van der Waals surface area contributed by atoms with Crippen LogP contribution in [-0.4, -0.2) is 71.4 Å². The van der Waals surface area contributed by atoms with Crippen molar-refractivity contribution in [3.8, 4) is 0 Å². The molecule has 2 amide bonds. The molecule has 0 radical (unpaired) electrons. The Kier molecular flexibility index (Phi) is 5.74. The van der Waals surface area contributed by atoms with Crippen LogP contribution in [0.5, 0.6) is 0 Å². The Morgan fingerprint density at radius 2 is 1.92 bits per heavy atom. The molecule has 3 heterocycles. The van der Waals surface area contributed by atoms with E-state index in [1.807, 2.05) is 0 Å². The number of oxazole rings is 1. The van der Waals surface area contributed by atoms with Gasteiger partial charge < -0.3 is 20.0 Å². The summed E-state index contributed by atoms with van der Waals surface area (Å²) in [6.45, 7) is 3.68. The van der Waals surface area contributed by atoms with Gasteiger partial charge in [-0.3, -0.25) is 14.5 Å². The van der Waals surface area contributed by atoms with E-state index in [1.165, 1.54) is 13.3 Å². The maximum absolute atomic E-state index is 11.9. The van der Waals surface area contributed by atoms with Crippen molar-refractivity contribution < 1.29 is 14.0 Å². The van der Waals surface area contributed by atoms with Crippen molar-refractivity contribution in [1.29, 1.82) is 0 Å². The quantitative estimate of drug-likeness (QED) is 0.693. The van der Waals surface area contributed by atoms with Gasteiger partial charge in [0, 0.05) is 45.6 Å². The predicted octanol–water partition coefficient (Wildman–Crippen LogP) is -0.737. The first-order chi connectivity index (χ1) is 12.7. The van der Waals surface area contributed by atoms with Gasteiger partial charge in [0.05, 0.1) is 13.1 Å². The van der Waals surface area contributed by atoms with Gasteiger partial charge in [-0.15, -0.1) is 0 Å². The van der Waals surface area contributed by atoms with Gasteiger partial charge in [-0.05, 0) is 6.07 Å². The smallest absolute Gasteiger partial charge is 0.273 e. The third-order valence-corrected chi connectivity index (χ3v) is 4.04. The summed E-state index contributed by atoms with van der Waals surface area (Å²) in [6.07, 6.45) is 4.78. The lowest BCUT2D eigenvalue weighted by Gasteiger charge is -2.33. The number of nitrogens with one attached hydrogen (secondary N) is 2. The van der Waals surface area contributed by atoms with Gasteiger partial charge in [0.25, 0.3) is 5.91 Å². The zero-order valence-electron chi connectivity index (χ0n) is 14.5. The number of carbonyl (C=O) groups excluding carboxylic acids is 2. The molecule has 2 N–H and O–H groups in total. The van der Waals surface area contributed by atoms with Crippen molar-refractivity contribution >= 4 is 17.8 Å². The molecule has 1 aliphatic rings. The van der Waals surface area contributed by atoms with Crippen LogP contribution < -0.4 is 15.5 Å². The molecule has 10 heteroatoms. The SMILES string of the molecule is CNC(=O)CNC(=O)c1coc(CN2CCN(c3ncccn3)CC2)n1. The minimum Gasteiger partial charge on any atom is -0.447 e. The van der Waals surface area contributed by atoms with E-state index in [-0.39, 0.29) is 18.1 Å². The fraction of sp³-hybridized carbons (Fsp3) is 0.438. The Labute approximate surface area is 150 Å². The highest BCUT2D eigenvalue weighted by atomic mass is 16.3. The average molecular weight is 359 g/mol. The summed E-state index contributed by atoms with van der Waals surface area (Å²) in [5.41, 5.74) is 0.167. The van der Waals surface area contributed by atoms with E-state index >= 15 is 0 Å². The molecule has 10 nitrogen and oxygen atoms in total. The molecule has 0 spiro atoms. The van der Waals surface area contributed by atoms with E-state index < -0.39 is 5.91 Å². The summed E-state index contributed by atoms with van der Waals surface area (Å²) in [5, 5.41) is 4.91. The van der Waals surface area contributed by atoms with Crippen LogP contribution in [0.3, 0.4) is 0 Å². The van der Waals surface area contributed by atoms with Crippen LogP contribution in [0.25, 0.3) is 0 Å². The predicted molar refractivity (Wildman–Crippen MR) is 92.4 cm³/mol. The summed E-state index contributed by atoms with van der Waals surface area (Å²) < 4.78 is 5.38. The Hall–Kier alpha value is -3.01. The number of piperazine rings is 1. The van der Waals surface area contributed by atoms with E-state index in [2.05, 4.69) is 35.4 Å². The number of amides is 2. The molecule has 1 saturated heterocycles. The zero-order valence-corrected chi connectivity index (χ0v) is 14.5. The maximum atomic E-state index is 11.9. The Morgan fingerprint density at radius 1 is 1.19 bits per heavy atom. The lowest BCUT2D eigenvalue weighted by Crippen LogP contribution is -2.46. The standard InChI is InChI=1S/C16H21N7O3/c1-17-13(24)9-20-15(25)12-11-26-14(21-12)10-22-5-7-23(8-6-22)16-18-3-2-4-19-16/h2-4,11H,5-10H2,1H3,(H,17,24)(H,20,25). The molecule has 3 rings (SSSR count). The van der Waals surface area contributed by atoms with Crippen LogP contribution in [0.4, 0.5) is 5.95 Å². The monoisotopic (exact) mass is 359 g/mol. The second-order valence-corrected chi connectivity index (χ2v) is 5.79. The van der Waals surface area contributed by atoms with Gasteiger partial charge in [0.1, 0.15) is 6.26 Å². The number of aromatic nitrogens is 3. The molecule has 1 aliphatic heterocycles. The van der Waals surface area contributed by atoms with Crippen molar-refractivity contribution in [2.75, 3.05) is 44.7 Å². The normalized spacial score (nSPS) is 14.9. The van der Waals surface area contributed by atoms with Gasteiger partial charge >= 0.3 is 0 Å². The summed E-state index contributed by atoms with van der Waals surface area (Å²) >= 11 is 0. The first-order valence-corrected chi connectivity index (χ1v) is 8.33. The number of carbonyl (C=O) groups is 2. The summed E-state index contributed by atoms with van der Waals surface area (Å²) in [5.74, 6) is 0.495. The van der Waals surface area contributed by atoms with E-state index in [0.29, 0.717) is 12.4 Å². The first-order valence-electron chi connectivity index (χ1n) is 8.33. The Balaban J connectivity index is 1.48. The van der Waals surface area contributed by atoms with Gasteiger partial charge in [-0.1, -0.05) is 0 Å². The molecular weight excluding hydrogens is 338 g/mol. The van der Waals surface area contributed by atoms with Crippen LogP contribution in [0.15, 0.2) is 29.1 Å². The molecule has 26 heavy (non-hydrogen) atoms. The Bertz CT molecular complexity index is 741. The van der Waals surface area contributed by atoms with E-state index in [9.17, 15) is 9.59 Å². The largest absolute Gasteiger partial charge is 0.447 e. The topological polar surface area (TPSA) is 116 Å². The molecule has 0 bridgehead atoms. The lowest BCUT2D eigenvalue weighted by molar-refractivity contribution is -0.119. The molecule has 2 aromatic rings. The zero-order chi connectivity index (χ0) is 18.4. The van der Waals surface area contributed by atoms with Gasteiger partial charge in [-0.25, -0.2) is 15.0 Å². The van der Waals surface area contributed by atoms with E-state index in [4.69, 9.17) is 4.42 Å². The third-order valence-electron chi connectivity index (χ3n) is 4.04. The van der Waals surface area contributed by atoms with Crippen LogP contribution in [0.1, 0.15) is 16.4 Å². The highest BCUT2D eigenvalue weighted by Gasteiger charge is 2.21. The number of hydrogen-bond acceptors (Lipinski definition) is 8. The minimum absolute atomic E-state index is 0.0962. The maximum Gasteiger partial charge on any atom is 0.273 e. The molecule has 0 aliphatic carbocycles. The van der Waals surface area contributed by atoms with E-state index in [1.54, 1.807) is 18.5 Å². The highest BCUT2D eigenvalue weighted by Crippen LogP contribution is 2.12. The summed E-state index contributed by atoms with van der Waals surface area (Å²) in [4.78, 5) is 40.1. The Morgan fingerprint density at radius 3 is 2.62 bits per heavy atom. The minimum atomic E-state index is -0.436. The van der Waals surface area contributed by atoms with Crippen LogP contribution >= 0.6 is 0 Å². The van der Waals surface area contributed by atoms with Gasteiger partial charge in [0.2, 0.25) is 17.7 Å². The van der Waals surface area contributed by atoms with E-state index in [0.717, 1.165) is 32.1 Å². The molecule has 2 aromatic heterocycles. The van der Waals surface area contributed by atoms with Gasteiger partial charge in [0.15, 0.2) is 5.69 Å².